The summed E-state index contributed by atoms with van der Waals surface area (Å²) in [6.45, 7) is 0.882. The number of benzene rings is 1. The Hall–Kier alpha value is -0.920. The number of rotatable bonds is 4. The lowest BCUT2D eigenvalue weighted by Crippen LogP contribution is -2.39. The van der Waals surface area contributed by atoms with Crippen LogP contribution in [0.15, 0.2) is 33.6 Å². The van der Waals surface area contributed by atoms with Gasteiger partial charge in [-0.15, -0.1) is 0 Å². The third kappa shape index (κ3) is 3.59. The van der Waals surface area contributed by atoms with Gasteiger partial charge in [0.2, 0.25) is 15.9 Å². The summed E-state index contributed by atoms with van der Waals surface area (Å²) >= 11 is 3.29. The summed E-state index contributed by atoms with van der Waals surface area (Å²) in [5, 5.41) is 0. The van der Waals surface area contributed by atoms with Gasteiger partial charge >= 0.3 is 0 Å². The number of sulfonamides is 1. The number of hydrogen-bond donors (Lipinski definition) is 1. The lowest BCUT2D eigenvalue weighted by atomic mass is 9.94. The van der Waals surface area contributed by atoms with E-state index in [9.17, 15) is 13.2 Å². The van der Waals surface area contributed by atoms with E-state index in [0.717, 1.165) is 4.47 Å². The number of hydrogen-bond acceptors (Lipinski definition) is 3. The van der Waals surface area contributed by atoms with Gasteiger partial charge in [-0.05, 0) is 43.0 Å². The first-order valence-corrected chi connectivity index (χ1v) is 8.67. The molecule has 20 heavy (non-hydrogen) atoms. The smallest absolute Gasteiger partial charge is 0.243 e. The molecule has 1 aliphatic rings. The Morgan fingerprint density at radius 3 is 2.30 bits per heavy atom. The zero-order chi connectivity index (χ0) is 14.8. The van der Waals surface area contributed by atoms with Crippen molar-refractivity contribution < 1.29 is 13.2 Å². The monoisotopic (exact) mass is 360 g/mol. The van der Waals surface area contributed by atoms with Crippen LogP contribution in [0.1, 0.15) is 19.3 Å². The van der Waals surface area contributed by atoms with Crippen LogP contribution in [0.4, 0.5) is 0 Å². The van der Waals surface area contributed by atoms with Gasteiger partial charge in [-0.3, -0.25) is 4.79 Å². The van der Waals surface area contributed by atoms with Crippen molar-refractivity contribution >= 4 is 31.9 Å². The predicted molar refractivity (Wildman–Crippen MR) is 79.4 cm³/mol. The van der Waals surface area contributed by atoms with Gasteiger partial charge in [0.1, 0.15) is 0 Å². The Morgan fingerprint density at radius 2 is 1.80 bits per heavy atom. The van der Waals surface area contributed by atoms with Gasteiger partial charge in [0.05, 0.1) is 4.90 Å². The number of carbonyl (C=O) groups excluding carboxylic acids is 1. The molecule has 110 valence electrons. The highest BCUT2D eigenvalue weighted by Crippen LogP contribution is 2.26. The zero-order valence-corrected chi connectivity index (χ0v) is 13.4. The fraction of sp³-hybridized carbons (Fsp3) is 0.462. The van der Waals surface area contributed by atoms with Crippen LogP contribution in [0.5, 0.6) is 0 Å². The van der Waals surface area contributed by atoms with E-state index in [1.807, 2.05) is 0 Å². The molecule has 0 bridgehead atoms. The van der Waals surface area contributed by atoms with Crippen molar-refractivity contribution in [2.45, 2.75) is 24.2 Å². The standard InChI is InChI=1S/C13H17BrN2O3S/c14-11-1-3-12(4-2-11)20(18,19)16-7-5-10(6-8-16)9-13(15)17/h1-4,10H,5-9H2,(H2,15,17). The van der Waals surface area contributed by atoms with Crippen LogP contribution in [0.2, 0.25) is 0 Å². The minimum absolute atomic E-state index is 0.198. The summed E-state index contributed by atoms with van der Waals surface area (Å²) in [4.78, 5) is 11.2. The van der Waals surface area contributed by atoms with Crippen LogP contribution in [-0.2, 0) is 14.8 Å². The largest absolute Gasteiger partial charge is 0.370 e. The summed E-state index contributed by atoms with van der Waals surface area (Å²) < 4.78 is 27.2. The maximum Gasteiger partial charge on any atom is 0.243 e. The van der Waals surface area contributed by atoms with Crippen LogP contribution >= 0.6 is 15.9 Å². The van der Waals surface area contributed by atoms with Gasteiger partial charge in [0.15, 0.2) is 0 Å². The number of nitrogens with zero attached hydrogens (tertiary/aromatic N) is 1. The molecule has 0 radical (unpaired) electrons. The molecule has 0 unspecified atom stereocenters. The molecule has 5 nitrogen and oxygen atoms in total. The third-order valence-corrected chi connectivity index (χ3v) is 5.96. The molecule has 1 saturated heterocycles. The number of amides is 1. The van der Waals surface area contributed by atoms with Crippen LogP contribution in [0.3, 0.4) is 0 Å². The van der Waals surface area contributed by atoms with Crippen LogP contribution in [0.25, 0.3) is 0 Å². The maximum atomic E-state index is 12.4. The molecule has 1 heterocycles. The second-order valence-corrected chi connectivity index (χ2v) is 7.83. The van der Waals surface area contributed by atoms with Gasteiger partial charge in [-0.25, -0.2) is 8.42 Å². The average molecular weight is 361 g/mol. The molecule has 0 aromatic heterocycles. The zero-order valence-electron chi connectivity index (χ0n) is 11.0. The van der Waals surface area contributed by atoms with Crippen LogP contribution in [-0.4, -0.2) is 31.7 Å². The first kappa shape index (κ1) is 15.5. The first-order chi connectivity index (χ1) is 9.39. The molecule has 0 spiro atoms. The number of piperidine rings is 1. The molecule has 1 amide bonds. The maximum absolute atomic E-state index is 12.4. The minimum Gasteiger partial charge on any atom is -0.370 e. The van der Waals surface area contributed by atoms with E-state index in [2.05, 4.69) is 15.9 Å². The van der Waals surface area contributed by atoms with Crippen molar-refractivity contribution in [2.24, 2.45) is 11.7 Å². The molecule has 2 rings (SSSR count). The molecular formula is C13H17BrN2O3S. The summed E-state index contributed by atoms with van der Waals surface area (Å²) in [6.07, 6.45) is 1.70. The quantitative estimate of drug-likeness (QED) is 0.887. The van der Waals surface area contributed by atoms with E-state index in [-0.39, 0.29) is 11.8 Å². The van der Waals surface area contributed by atoms with E-state index in [4.69, 9.17) is 5.73 Å². The van der Waals surface area contributed by atoms with Gasteiger partial charge in [-0.2, -0.15) is 4.31 Å². The van der Waals surface area contributed by atoms with E-state index in [0.29, 0.717) is 37.2 Å². The second-order valence-electron chi connectivity index (χ2n) is 4.97. The van der Waals surface area contributed by atoms with E-state index < -0.39 is 10.0 Å². The fourth-order valence-electron chi connectivity index (χ4n) is 2.39. The van der Waals surface area contributed by atoms with Gasteiger partial charge in [0.25, 0.3) is 0 Å². The number of nitrogens with two attached hydrogens (primary N) is 1. The molecule has 1 aromatic carbocycles. The van der Waals surface area contributed by atoms with E-state index in [1.54, 1.807) is 24.3 Å². The average Bonchev–Trinajstić information content (AvgIpc) is 2.39. The SMILES string of the molecule is NC(=O)CC1CCN(S(=O)(=O)c2ccc(Br)cc2)CC1. The Kier molecular flexibility index (Phi) is 4.82. The van der Waals surface area contributed by atoms with Crippen molar-refractivity contribution in [1.29, 1.82) is 0 Å². The molecule has 1 aliphatic heterocycles. The van der Waals surface area contributed by atoms with Gasteiger partial charge < -0.3 is 5.73 Å². The summed E-state index contributed by atoms with van der Waals surface area (Å²) in [7, 11) is -3.43. The highest BCUT2D eigenvalue weighted by atomic mass is 79.9. The molecule has 0 aliphatic carbocycles. The highest BCUT2D eigenvalue weighted by molar-refractivity contribution is 9.10. The molecular weight excluding hydrogens is 344 g/mol. The molecule has 7 heteroatoms. The van der Waals surface area contributed by atoms with E-state index in [1.165, 1.54) is 4.31 Å². The minimum atomic E-state index is -3.43. The molecule has 2 N–H and O–H groups in total. The van der Waals surface area contributed by atoms with Crippen molar-refractivity contribution in [3.63, 3.8) is 0 Å². The summed E-state index contributed by atoms with van der Waals surface area (Å²) in [6, 6.07) is 6.61. The van der Waals surface area contributed by atoms with Gasteiger partial charge in [0, 0.05) is 24.0 Å². The Labute approximate surface area is 127 Å². The van der Waals surface area contributed by atoms with Crippen molar-refractivity contribution in [2.75, 3.05) is 13.1 Å². The van der Waals surface area contributed by atoms with Crippen molar-refractivity contribution in [3.05, 3.63) is 28.7 Å². The molecule has 1 aromatic rings. The Morgan fingerprint density at radius 1 is 1.25 bits per heavy atom. The summed E-state index contributed by atoms with van der Waals surface area (Å²) in [5.74, 6) is -0.122. The Balaban J connectivity index is 2.05. The number of halogens is 1. The number of primary amides is 1. The second kappa shape index (κ2) is 6.24. The normalized spacial score (nSPS) is 18.1. The third-order valence-electron chi connectivity index (χ3n) is 3.51. The Bertz CT molecular complexity index is 578. The highest BCUT2D eigenvalue weighted by Gasteiger charge is 2.29. The first-order valence-electron chi connectivity index (χ1n) is 6.43. The molecule has 1 fully saturated rings. The lowest BCUT2D eigenvalue weighted by Gasteiger charge is -2.30. The summed E-state index contributed by atoms with van der Waals surface area (Å²) in [5.41, 5.74) is 5.17. The predicted octanol–water partition coefficient (Wildman–Crippen LogP) is 1.73. The van der Waals surface area contributed by atoms with Crippen molar-refractivity contribution in [1.82, 2.24) is 4.31 Å². The molecule has 0 atom stereocenters. The number of carbonyl (C=O) groups is 1. The van der Waals surface area contributed by atoms with Crippen molar-refractivity contribution in [3.8, 4) is 0 Å². The molecule has 0 saturated carbocycles. The fourth-order valence-corrected chi connectivity index (χ4v) is 4.13. The van der Waals surface area contributed by atoms with E-state index >= 15 is 0 Å². The lowest BCUT2D eigenvalue weighted by molar-refractivity contribution is -0.119. The topological polar surface area (TPSA) is 80.5 Å². The van der Waals surface area contributed by atoms with Gasteiger partial charge in [-0.1, -0.05) is 15.9 Å². The van der Waals surface area contributed by atoms with Crippen LogP contribution in [0, 0.1) is 5.92 Å². The van der Waals surface area contributed by atoms with Crippen LogP contribution < -0.4 is 5.73 Å².